The smallest absolute Gasteiger partial charge is 0.301 e. The maximum absolute atomic E-state index is 13.8. The highest BCUT2D eigenvalue weighted by Crippen LogP contribution is 2.46. The molecule has 0 aliphatic carbocycles. The zero-order chi connectivity index (χ0) is 32.9. The maximum atomic E-state index is 13.8. The van der Waals surface area contributed by atoms with E-state index in [1.54, 1.807) is 42.5 Å². The fourth-order valence-electron chi connectivity index (χ4n) is 5.53. The third-order valence-corrected chi connectivity index (χ3v) is 9.70. The van der Waals surface area contributed by atoms with Crippen molar-refractivity contribution in [3.8, 4) is 17.2 Å². The first-order chi connectivity index (χ1) is 22.9. The molecule has 0 saturated carbocycles. The van der Waals surface area contributed by atoms with E-state index in [4.69, 9.17) is 14.2 Å². The van der Waals surface area contributed by atoms with Crippen LogP contribution in [0.2, 0.25) is 0 Å². The molecule has 47 heavy (non-hydrogen) atoms. The van der Waals surface area contributed by atoms with Gasteiger partial charge in [0.1, 0.15) is 11.5 Å². The summed E-state index contributed by atoms with van der Waals surface area (Å²) in [7, 11) is 0. The average molecular weight is 668 g/mol. The van der Waals surface area contributed by atoms with E-state index in [0.717, 1.165) is 16.3 Å². The lowest BCUT2D eigenvalue weighted by atomic mass is 9.95. The molecule has 1 aliphatic rings. The van der Waals surface area contributed by atoms with Crippen LogP contribution in [0.5, 0.6) is 17.2 Å². The van der Waals surface area contributed by atoms with Gasteiger partial charge < -0.3 is 19.3 Å². The number of thioether (sulfide) groups is 1. The summed E-state index contributed by atoms with van der Waals surface area (Å²) < 4.78 is 17.8. The third kappa shape index (κ3) is 6.54. The highest BCUT2D eigenvalue weighted by molar-refractivity contribution is 8.00. The summed E-state index contributed by atoms with van der Waals surface area (Å²) in [5.74, 6) is 0.320. The molecule has 0 bridgehead atoms. The average Bonchev–Trinajstić information content (AvgIpc) is 3.66. The zero-order valence-electron chi connectivity index (χ0n) is 26.1. The van der Waals surface area contributed by atoms with Crippen LogP contribution in [0.1, 0.15) is 43.5 Å². The number of fused-ring (bicyclic) bond motifs is 1. The molecule has 0 spiro atoms. The minimum absolute atomic E-state index is 0.0640. The molecule has 2 heterocycles. The number of nitrogens with zero attached hydrogens (tertiary/aromatic N) is 3. The second kappa shape index (κ2) is 14.3. The van der Waals surface area contributed by atoms with E-state index in [1.165, 1.54) is 28.0 Å². The van der Waals surface area contributed by atoms with Crippen LogP contribution in [0.25, 0.3) is 16.5 Å². The van der Waals surface area contributed by atoms with Crippen molar-refractivity contribution in [3.63, 3.8) is 0 Å². The van der Waals surface area contributed by atoms with E-state index < -0.39 is 17.7 Å². The number of anilines is 1. The van der Waals surface area contributed by atoms with Crippen molar-refractivity contribution in [2.45, 2.75) is 36.9 Å². The summed E-state index contributed by atoms with van der Waals surface area (Å²) in [6, 6.07) is 25.4. The number of aliphatic hydroxyl groups excluding tert-OH is 1. The summed E-state index contributed by atoms with van der Waals surface area (Å²) in [6.07, 6.45) is 0. The van der Waals surface area contributed by atoms with Gasteiger partial charge in [0.05, 0.1) is 31.4 Å². The fraction of sp³-hybridized carbons (Fsp3) is 0.222. The third-order valence-electron chi connectivity index (χ3n) is 7.60. The highest BCUT2D eigenvalue weighted by Gasteiger charge is 2.48. The van der Waals surface area contributed by atoms with Gasteiger partial charge in [-0.15, -0.1) is 10.2 Å². The normalized spacial score (nSPS) is 15.7. The SMILES string of the molecule is CCOc1ccc(/C(O)=C2\C(=O)C(=O)N(c3nnc(SCc4cccc5ccccc45)s3)C2c2ccc(OCC)c(OCC)c2)cc1. The number of aliphatic hydroxyl groups is 1. The number of Topliss-reactive ketones (excluding diaryl/α,β-unsaturated/α-hetero) is 1. The van der Waals surface area contributed by atoms with Gasteiger partial charge in [0.15, 0.2) is 15.8 Å². The van der Waals surface area contributed by atoms with Crippen LogP contribution < -0.4 is 19.1 Å². The number of benzene rings is 4. The van der Waals surface area contributed by atoms with Gasteiger partial charge in [0.2, 0.25) is 5.13 Å². The largest absolute Gasteiger partial charge is 0.507 e. The van der Waals surface area contributed by atoms with Gasteiger partial charge in [-0.3, -0.25) is 14.5 Å². The molecule has 5 aromatic rings. The molecule has 9 nitrogen and oxygen atoms in total. The van der Waals surface area contributed by atoms with Gasteiger partial charge in [0, 0.05) is 11.3 Å². The number of amides is 1. The van der Waals surface area contributed by atoms with Gasteiger partial charge in [-0.2, -0.15) is 0 Å². The van der Waals surface area contributed by atoms with E-state index in [0.29, 0.717) is 58.3 Å². The van der Waals surface area contributed by atoms with Gasteiger partial charge in [-0.05, 0) is 79.1 Å². The monoisotopic (exact) mass is 667 g/mol. The number of ether oxygens (including phenoxy) is 3. The molecule has 1 atom stereocenters. The number of carbonyl (C=O) groups excluding carboxylic acids is 2. The lowest BCUT2D eigenvalue weighted by Crippen LogP contribution is -2.29. The molecular formula is C36H33N3O6S2. The number of hydrogen-bond acceptors (Lipinski definition) is 10. The molecule has 1 aliphatic heterocycles. The number of ketones is 1. The molecule has 11 heteroatoms. The Morgan fingerprint density at radius 1 is 0.851 bits per heavy atom. The number of rotatable bonds is 12. The topological polar surface area (TPSA) is 111 Å². The van der Waals surface area contributed by atoms with Crippen LogP contribution in [0, 0.1) is 0 Å². The molecule has 1 saturated heterocycles. The van der Waals surface area contributed by atoms with Gasteiger partial charge in [0.25, 0.3) is 5.78 Å². The van der Waals surface area contributed by atoms with Crippen LogP contribution in [-0.2, 0) is 15.3 Å². The van der Waals surface area contributed by atoms with E-state index in [1.807, 2.05) is 39.0 Å². The summed E-state index contributed by atoms with van der Waals surface area (Å²) in [6.45, 7) is 6.91. The van der Waals surface area contributed by atoms with Crippen LogP contribution in [0.4, 0.5) is 5.13 Å². The van der Waals surface area contributed by atoms with Crippen molar-refractivity contribution in [1.29, 1.82) is 0 Å². The van der Waals surface area contributed by atoms with E-state index in [-0.39, 0.29) is 16.5 Å². The second-order valence-corrected chi connectivity index (χ2v) is 12.7. The Morgan fingerprint density at radius 2 is 1.57 bits per heavy atom. The van der Waals surface area contributed by atoms with Gasteiger partial charge >= 0.3 is 5.91 Å². The van der Waals surface area contributed by atoms with Crippen LogP contribution >= 0.6 is 23.1 Å². The van der Waals surface area contributed by atoms with Crippen LogP contribution in [0.3, 0.4) is 0 Å². The predicted molar refractivity (Wildman–Crippen MR) is 185 cm³/mol. The minimum atomic E-state index is -1.000. The molecule has 1 aromatic heterocycles. The number of hydrogen-bond donors (Lipinski definition) is 1. The zero-order valence-corrected chi connectivity index (χ0v) is 27.8. The van der Waals surface area contributed by atoms with Crippen molar-refractivity contribution in [2.75, 3.05) is 24.7 Å². The Labute approximate surface area is 280 Å². The molecule has 6 rings (SSSR count). The molecule has 240 valence electrons. The van der Waals surface area contributed by atoms with Crippen molar-refractivity contribution >= 4 is 56.5 Å². The first-order valence-corrected chi connectivity index (χ1v) is 17.1. The molecule has 4 aromatic carbocycles. The Kier molecular flexibility index (Phi) is 9.74. The predicted octanol–water partition coefficient (Wildman–Crippen LogP) is 7.81. The van der Waals surface area contributed by atoms with Crippen molar-refractivity contribution in [3.05, 3.63) is 107 Å². The molecule has 1 unspecified atom stereocenters. The molecule has 0 radical (unpaired) electrons. The van der Waals surface area contributed by atoms with Crippen LogP contribution in [0.15, 0.2) is 94.8 Å². The minimum Gasteiger partial charge on any atom is -0.507 e. The van der Waals surface area contributed by atoms with Crippen molar-refractivity contribution in [2.24, 2.45) is 0 Å². The standard InChI is InChI=1S/C36H33N3O6S2/c1-4-43-26-17-14-23(15-18-26)32(40)30-31(24-16-19-28(44-5-2)29(20-24)45-6-3)39(34(42)33(30)41)35-37-38-36(47-35)46-21-25-12-9-11-22-10-7-8-13-27(22)25/h7-20,31,40H,4-6,21H2,1-3H3/b32-30+. The first kappa shape index (κ1) is 32.1. The van der Waals surface area contributed by atoms with E-state index in [2.05, 4.69) is 34.5 Å². The summed E-state index contributed by atoms with van der Waals surface area (Å²) in [5, 5.41) is 22.9. The Hall–Kier alpha value is -4.87. The Bertz CT molecular complexity index is 1950. The lowest BCUT2D eigenvalue weighted by molar-refractivity contribution is -0.132. The molecular weight excluding hydrogens is 635 g/mol. The van der Waals surface area contributed by atoms with E-state index in [9.17, 15) is 14.7 Å². The molecule has 1 amide bonds. The van der Waals surface area contributed by atoms with E-state index >= 15 is 0 Å². The van der Waals surface area contributed by atoms with Crippen molar-refractivity contribution < 1.29 is 28.9 Å². The first-order valence-electron chi connectivity index (χ1n) is 15.3. The maximum Gasteiger partial charge on any atom is 0.301 e. The number of aromatic nitrogens is 2. The molecule has 1 N–H and O–H groups in total. The summed E-state index contributed by atoms with van der Waals surface area (Å²) in [4.78, 5) is 28.8. The second-order valence-electron chi connectivity index (χ2n) is 10.5. The van der Waals surface area contributed by atoms with Crippen LogP contribution in [-0.4, -0.2) is 46.8 Å². The highest BCUT2D eigenvalue weighted by atomic mass is 32.2. The summed E-state index contributed by atoms with van der Waals surface area (Å²) >= 11 is 2.72. The van der Waals surface area contributed by atoms with Gasteiger partial charge in [-0.1, -0.05) is 71.6 Å². The molecule has 1 fully saturated rings. The fourth-order valence-corrected chi connectivity index (χ4v) is 7.40. The lowest BCUT2D eigenvalue weighted by Gasteiger charge is -2.23. The quantitative estimate of drug-likeness (QED) is 0.0468. The summed E-state index contributed by atoms with van der Waals surface area (Å²) in [5.41, 5.74) is 2.00. The number of carbonyl (C=O) groups is 2. The Morgan fingerprint density at radius 3 is 2.34 bits per heavy atom. The van der Waals surface area contributed by atoms with Gasteiger partial charge in [-0.25, -0.2) is 0 Å². The van der Waals surface area contributed by atoms with Crippen molar-refractivity contribution in [1.82, 2.24) is 10.2 Å². The Balaban J connectivity index is 1.40.